The van der Waals surface area contributed by atoms with Crippen LogP contribution in [-0.4, -0.2) is 22.7 Å². The topological polar surface area (TPSA) is 37.4 Å². The van der Waals surface area contributed by atoms with Crippen LogP contribution in [0.1, 0.15) is 29.5 Å². The normalized spacial score (nSPS) is 17.5. The Kier molecular flexibility index (Phi) is 6.41. The van der Waals surface area contributed by atoms with Gasteiger partial charge in [-0.25, -0.2) is 8.42 Å². The molecule has 134 valence electrons. The lowest BCUT2D eigenvalue weighted by Gasteiger charge is -2.30. The maximum atomic E-state index is 12.7. The summed E-state index contributed by atoms with van der Waals surface area (Å²) in [6.07, 6.45) is 4.56. The first-order valence-electron chi connectivity index (χ1n) is 8.45. The molecule has 1 atom stereocenters. The fourth-order valence-corrected chi connectivity index (χ4v) is 5.48. The minimum absolute atomic E-state index is 0.209. The van der Waals surface area contributed by atoms with Gasteiger partial charge in [-0.2, -0.15) is 0 Å². The Morgan fingerprint density at radius 2 is 1.88 bits per heavy atom. The number of hydrogen-bond donors (Lipinski definition) is 0. The molecule has 0 amide bonds. The van der Waals surface area contributed by atoms with Crippen LogP contribution in [0, 0.1) is 0 Å². The van der Waals surface area contributed by atoms with E-state index in [1.807, 2.05) is 0 Å². The highest BCUT2D eigenvalue weighted by Crippen LogP contribution is 2.31. The molecule has 25 heavy (non-hydrogen) atoms. The molecule has 1 aliphatic carbocycles. The van der Waals surface area contributed by atoms with Crippen LogP contribution in [0.2, 0.25) is 0 Å². The maximum Gasteiger partial charge on any atom is 0.256 e. The minimum Gasteiger partial charge on any atom is -0.206 e. The third kappa shape index (κ3) is 4.21. The average molecular weight is 490 g/mol. The van der Waals surface area contributed by atoms with Gasteiger partial charge in [0.15, 0.2) is 0 Å². The predicted octanol–water partition coefficient (Wildman–Crippen LogP) is 4.76. The molecule has 0 heterocycles. The molecule has 0 bridgehead atoms. The number of benzene rings is 2. The molecule has 3 rings (SSSR count). The highest BCUT2D eigenvalue weighted by molar-refractivity contribution is 14.1. The van der Waals surface area contributed by atoms with Crippen molar-refractivity contribution in [1.82, 2.24) is 3.82 Å². The van der Waals surface area contributed by atoms with E-state index >= 15 is 0 Å². The number of nitrogens with zero attached hydrogens (tertiary/aromatic N) is 1. The first kappa shape index (κ1) is 19.1. The second-order valence-corrected chi connectivity index (χ2v) is 9.76. The van der Waals surface area contributed by atoms with Crippen LogP contribution in [0.3, 0.4) is 0 Å². The Labute approximate surface area is 168 Å². The maximum absolute atomic E-state index is 12.7. The van der Waals surface area contributed by atoms with Crippen molar-refractivity contribution in [3.8, 4) is 0 Å². The lowest BCUT2D eigenvalue weighted by atomic mass is 9.85. The minimum atomic E-state index is -3.67. The third-order valence-corrected chi connectivity index (χ3v) is 7.90. The molecular formula is C19H21ClINO2S. The third-order valence-electron chi connectivity index (χ3n) is 4.69. The molecule has 0 N–H and O–H groups in total. The van der Waals surface area contributed by atoms with Crippen LogP contribution in [0.5, 0.6) is 0 Å². The molecular weight excluding hydrogens is 469 g/mol. The molecule has 0 aliphatic heterocycles. The Hall–Kier alpha value is -0.630. The van der Waals surface area contributed by atoms with Gasteiger partial charge in [-0.15, -0.1) is 3.82 Å². The van der Waals surface area contributed by atoms with E-state index in [9.17, 15) is 8.42 Å². The monoisotopic (exact) mass is 489 g/mol. The molecule has 0 saturated heterocycles. The number of hydrogen-bond acceptors (Lipinski definition) is 2. The molecule has 1 aliphatic rings. The Morgan fingerprint density at radius 1 is 1.12 bits per heavy atom. The highest BCUT2D eigenvalue weighted by atomic mass is 127. The van der Waals surface area contributed by atoms with Crippen molar-refractivity contribution in [2.75, 3.05) is 4.43 Å². The number of alkyl halides is 1. The standard InChI is InChI=1S/C19H21ClINO2S/c20-22(25(23,24)18-9-2-1-3-10-18)17-11-12-19-15(8-5-13-21)6-4-7-16(19)14-17/h1-4,6-7,9-10,17H,5,8,11-14H2. The van der Waals surface area contributed by atoms with E-state index in [4.69, 9.17) is 11.8 Å². The molecule has 0 fully saturated rings. The molecule has 0 aromatic heterocycles. The van der Waals surface area contributed by atoms with Gasteiger partial charge in [-0.05, 0) is 77.1 Å². The fourth-order valence-electron chi connectivity index (χ4n) is 3.42. The van der Waals surface area contributed by atoms with Crippen LogP contribution in [0.25, 0.3) is 0 Å². The second kappa shape index (κ2) is 8.37. The first-order valence-corrected chi connectivity index (χ1v) is 11.8. The molecule has 0 saturated carbocycles. The summed E-state index contributed by atoms with van der Waals surface area (Å²) in [5, 5.41) is 0. The summed E-state index contributed by atoms with van der Waals surface area (Å²) in [6.45, 7) is 0. The van der Waals surface area contributed by atoms with E-state index in [1.165, 1.54) is 23.1 Å². The summed E-state index contributed by atoms with van der Waals surface area (Å²) in [5.74, 6) is 0. The van der Waals surface area contributed by atoms with Crippen LogP contribution < -0.4 is 0 Å². The molecule has 1 unspecified atom stereocenters. The number of halogens is 2. The van der Waals surface area contributed by atoms with E-state index in [0.717, 1.165) is 27.5 Å². The summed E-state index contributed by atoms with van der Waals surface area (Å²) in [5.41, 5.74) is 4.03. The highest BCUT2D eigenvalue weighted by Gasteiger charge is 2.33. The average Bonchev–Trinajstić information content (AvgIpc) is 2.65. The van der Waals surface area contributed by atoms with E-state index < -0.39 is 10.0 Å². The smallest absolute Gasteiger partial charge is 0.206 e. The van der Waals surface area contributed by atoms with Crippen LogP contribution in [0.15, 0.2) is 53.4 Å². The van der Waals surface area contributed by atoms with Gasteiger partial charge in [0.25, 0.3) is 10.0 Å². The number of rotatable bonds is 6. The van der Waals surface area contributed by atoms with Gasteiger partial charge in [0, 0.05) is 6.04 Å². The van der Waals surface area contributed by atoms with Crippen molar-refractivity contribution >= 4 is 44.4 Å². The Bertz CT molecular complexity index is 827. The summed E-state index contributed by atoms with van der Waals surface area (Å²) in [6, 6.07) is 14.6. The fraction of sp³-hybridized carbons (Fsp3) is 0.368. The van der Waals surface area contributed by atoms with E-state index in [0.29, 0.717) is 6.42 Å². The van der Waals surface area contributed by atoms with Gasteiger partial charge in [-0.1, -0.05) is 59.0 Å². The zero-order chi connectivity index (χ0) is 17.9. The summed E-state index contributed by atoms with van der Waals surface area (Å²) < 4.78 is 27.7. The van der Waals surface area contributed by atoms with Crippen LogP contribution >= 0.6 is 34.4 Å². The number of fused-ring (bicyclic) bond motifs is 1. The van der Waals surface area contributed by atoms with Crippen molar-refractivity contribution in [1.29, 1.82) is 0 Å². The first-order chi connectivity index (χ1) is 12.0. The summed E-state index contributed by atoms with van der Waals surface area (Å²) >= 11 is 8.73. The van der Waals surface area contributed by atoms with Gasteiger partial charge in [0.2, 0.25) is 0 Å². The van der Waals surface area contributed by atoms with Crippen molar-refractivity contribution in [3.63, 3.8) is 0 Å². The van der Waals surface area contributed by atoms with Crippen molar-refractivity contribution in [2.24, 2.45) is 0 Å². The van der Waals surface area contributed by atoms with E-state index in [-0.39, 0.29) is 10.9 Å². The van der Waals surface area contributed by atoms with E-state index in [2.05, 4.69) is 40.8 Å². The molecule has 0 radical (unpaired) electrons. The van der Waals surface area contributed by atoms with Crippen molar-refractivity contribution in [2.45, 2.75) is 43.0 Å². The lowest BCUT2D eigenvalue weighted by Crippen LogP contribution is -2.37. The van der Waals surface area contributed by atoms with Crippen molar-refractivity contribution in [3.05, 3.63) is 65.2 Å². The molecule has 2 aromatic rings. The van der Waals surface area contributed by atoms with Gasteiger partial charge >= 0.3 is 0 Å². The SMILES string of the molecule is O=S(=O)(c1ccccc1)N(Cl)C1CCc2c(CCCI)cccc2C1. The van der Waals surface area contributed by atoms with Gasteiger partial charge in [0.05, 0.1) is 4.90 Å². The number of sulfonamides is 1. The number of aryl methyl sites for hydroxylation is 1. The molecule has 0 spiro atoms. The van der Waals surface area contributed by atoms with Gasteiger partial charge in [-0.3, -0.25) is 0 Å². The zero-order valence-corrected chi connectivity index (χ0v) is 17.6. The van der Waals surface area contributed by atoms with Crippen LogP contribution in [-0.2, 0) is 29.3 Å². The largest absolute Gasteiger partial charge is 0.256 e. The van der Waals surface area contributed by atoms with E-state index in [1.54, 1.807) is 30.3 Å². The quantitative estimate of drug-likeness (QED) is 0.333. The molecule has 6 heteroatoms. The van der Waals surface area contributed by atoms with Gasteiger partial charge < -0.3 is 0 Å². The zero-order valence-electron chi connectivity index (χ0n) is 13.9. The summed E-state index contributed by atoms with van der Waals surface area (Å²) in [7, 11) is -3.67. The Morgan fingerprint density at radius 3 is 2.60 bits per heavy atom. The van der Waals surface area contributed by atoms with Crippen LogP contribution in [0.4, 0.5) is 0 Å². The Balaban J connectivity index is 1.81. The molecule has 2 aromatic carbocycles. The van der Waals surface area contributed by atoms with Gasteiger partial charge in [0.1, 0.15) is 0 Å². The lowest BCUT2D eigenvalue weighted by molar-refractivity contribution is 0.406. The summed E-state index contributed by atoms with van der Waals surface area (Å²) in [4.78, 5) is 0.242. The van der Waals surface area contributed by atoms with Crippen molar-refractivity contribution < 1.29 is 8.42 Å². The molecule has 3 nitrogen and oxygen atoms in total. The second-order valence-electron chi connectivity index (χ2n) is 6.30. The predicted molar refractivity (Wildman–Crippen MR) is 111 cm³/mol.